The van der Waals surface area contributed by atoms with Gasteiger partial charge in [-0.15, -0.1) is 11.3 Å². The van der Waals surface area contributed by atoms with Crippen molar-refractivity contribution in [1.29, 1.82) is 0 Å². The van der Waals surface area contributed by atoms with Crippen LogP contribution in [-0.2, 0) is 21.5 Å². The van der Waals surface area contributed by atoms with Gasteiger partial charge >= 0.3 is 5.97 Å². The van der Waals surface area contributed by atoms with E-state index in [0.717, 1.165) is 32.5 Å². The van der Waals surface area contributed by atoms with E-state index >= 15 is 0 Å². The van der Waals surface area contributed by atoms with Crippen LogP contribution in [0.25, 0.3) is 0 Å². The number of hydrogen-bond acceptors (Lipinski definition) is 5. The lowest BCUT2D eigenvalue weighted by Gasteiger charge is -2.33. The highest BCUT2D eigenvalue weighted by atomic mass is 32.1. The minimum absolute atomic E-state index is 0.100. The quantitative estimate of drug-likeness (QED) is 0.901. The first-order valence-corrected chi connectivity index (χ1v) is 8.56. The number of aliphatic carboxylic acids is 1. The number of hydrogen-bond donors (Lipinski definition) is 1. The molecule has 0 amide bonds. The monoisotopic (exact) mass is 326 g/mol. The molecule has 2 heterocycles. The third kappa shape index (κ3) is 4.27. The van der Waals surface area contributed by atoms with Crippen molar-refractivity contribution < 1.29 is 14.6 Å². The number of carboxylic acid groups (broad SMARTS) is 1. The van der Waals surface area contributed by atoms with Gasteiger partial charge in [-0.3, -0.25) is 4.90 Å². The highest BCUT2D eigenvalue weighted by molar-refractivity contribution is 7.11. The van der Waals surface area contributed by atoms with Crippen molar-refractivity contribution in [2.45, 2.75) is 51.7 Å². The first-order valence-electron chi connectivity index (χ1n) is 7.74. The Balaban J connectivity index is 1.87. The van der Waals surface area contributed by atoms with E-state index in [1.807, 2.05) is 6.20 Å². The Kier molecular flexibility index (Phi) is 5.58. The van der Waals surface area contributed by atoms with E-state index in [1.54, 1.807) is 11.3 Å². The minimum atomic E-state index is -0.849. The summed E-state index contributed by atoms with van der Waals surface area (Å²) < 4.78 is 5.12. The summed E-state index contributed by atoms with van der Waals surface area (Å²) in [6, 6.07) is 0. The van der Waals surface area contributed by atoms with Crippen LogP contribution in [0, 0.1) is 5.92 Å². The first-order chi connectivity index (χ1) is 10.3. The summed E-state index contributed by atoms with van der Waals surface area (Å²) in [7, 11) is 1.48. The number of methoxy groups -OCH3 is 1. The van der Waals surface area contributed by atoms with Gasteiger partial charge in [0.15, 0.2) is 6.10 Å². The van der Waals surface area contributed by atoms with E-state index < -0.39 is 12.1 Å². The zero-order chi connectivity index (χ0) is 16.3. The van der Waals surface area contributed by atoms with E-state index in [9.17, 15) is 4.79 Å². The molecule has 0 bridgehead atoms. The largest absolute Gasteiger partial charge is 0.479 e. The molecule has 2 rings (SSSR count). The van der Waals surface area contributed by atoms with Crippen LogP contribution < -0.4 is 0 Å². The number of likely N-dealkylation sites (tertiary alicyclic amines) is 1. The number of rotatable bonds is 5. The molecule has 1 aromatic heterocycles. The van der Waals surface area contributed by atoms with Gasteiger partial charge in [-0.25, -0.2) is 9.78 Å². The van der Waals surface area contributed by atoms with Gasteiger partial charge in [-0.1, -0.05) is 20.8 Å². The number of nitrogens with zero attached hydrogens (tertiary/aromatic N) is 2. The minimum Gasteiger partial charge on any atom is -0.479 e. The third-order valence-electron chi connectivity index (χ3n) is 4.13. The molecule has 1 fully saturated rings. The Morgan fingerprint density at radius 3 is 2.59 bits per heavy atom. The molecule has 0 saturated carbocycles. The van der Waals surface area contributed by atoms with Crippen molar-refractivity contribution in [3.05, 3.63) is 16.1 Å². The molecule has 0 aliphatic carbocycles. The third-order valence-corrected chi connectivity index (χ3v) is 5.54. The fourth-order valence-corrected chi connectivity index (χ4v) is 3.87. The summed E-state index contributed by atoms with van der Waals surface area (Å²) >= 11 is 1.78. The number of carbonyl (C=O) groups is 1. The van der Waals surface area contributed by atoms with Gasteiger partial charge in [-0.2, -0.15) is 0 Å². The van der Waals surface area contributed by atoms with Gasteiger partial charge in [0, 0.05) is 30.1 Å². The topological polar surface area (TPSA) is 62.7 Å². The molecule has 1 saturated heterocycles. The lowest BCUT2D eigenvalue weighted by atomic mass is 9.91. The van der Waals surface area contributed by atoms with Crippen molar-refractivity contribution in [3.8, 4) is 0 Å². The fraction of sp³-hybridized carbons (Fsp3) is 0.750. The summed E-state index contributed by atoms with van der Waals surface area (Å²) in [6.45, 7) is 9.28. The van der Waals surface area contributed by atoms with Crippen molar-refractivity contribution in [1.82, 2.24) is 9.88 Å². The Labute approximate surface area is 136 Å². The second-order valence-electron chi connectivity index (χ2n) is 6.99. The van der Waals surface area contributed by atoms with Crippen LogP contribution in [0.1, 0.15) is 43.5 Å². The molecule has 5 nitrogen and oxygen atoms in total. The number of piperidine rings is 1. The van der Waals surface area contributed by atoms with Gasteiger partial charge in [0.1, 0.15) is 0 Å². The van der Waals surface area contributed by atoms with Gasteiger partial charge in [-0.05, 0) is 31.8 Å². The predicted molar refractivity (Wildman–Crippen MR) is 87.2 cm³/mol. The van der Waals surface area contributed by atoms with Crippen LogP contribution in [0.2, 0.25) is 0 Å². The Hall–Kier alpha value is -0.980. The van der Waals surface area contributed by atoms with Gasteiger partial charge in [0.25, 0.3) is 0 Å². The molecule has 1 aromatic rings. The molecule has 0 radical (unpaired) electrons. The van der Waals surface area contributed by atoms with E-state index in [4.69, 9.17) is 9.84 Å². The molecular weight excluding hydrogens is 300 g/mol. The average molecular weight is 326 g/mol. The van der Waals surface area contributed by atoms with Crippen LogP contribution in [0.4, 0.5) is 0 Å². The van der Waals surface area contributed by atoms with E-state index in [1.165, 1.54) is 17.0 Å². The average Bonchev–Trinajstić information content (AvgIpc) is 2.89. The summed E-state index contributed by atoms with van der Waals surface area (Å²) in [5.74, 6) is -0.733. The van der Waals surface area contributed by atoms with Crippen LogP contribution in [-0.4, -0.2) is 47.3 Å². The van der Waals surface area contributed by atoms with Crippen molar-refractivity contribution in [2.75, 3.05) is 20.2 Å². The van der Waals surface area contributed by atoms with E-state index in [0.29, 0.717) is 0 Å². The highest BCUT2D eigenvalue weighted by Gasteiger charge is 2.31. The normalized spacial score (nSPS) is 19.3. The Morgan fingerprint density at radius 2 is 2.14 bits per heavy atom. The second-order valence-corrected chi connectivity index (χ2v) is 8.11. The maximum atomic E-state index is 11.2. The van der Waals surface area contributed by atoms with E-state index in [2.05, 4.69) is 30.7 Å². The van der Waals surface area contributed by atoms with Gasteiger partial charge in [0.2, 0.25) is 0 Å². The molecular formula is C16H26N2O3S. The molecule has 1 atom stereocenters. The van der Waals surface area contributed by atoms with Crippen molar-refractivity contribution >= 4 is 17.3 Å². The zero-order valence-electron chi connectivity index (χ0n) is 13.8. The predicted octanol–water partition coefficient (Wildman–Crippen LogP) is 2.75. The summed E-state index contributed by atoms with van der Waals surface area (Å²) in [5, 5.41) is 10.3. The molecule has 1 aliphatic rings. The molecule has 1 N–H and O–H groups in total. The smallest absolute Gasteiger partial charge is 0.333 e. The maximum Gasteiger partial charge on any atom is 0.333 e. The molecule has 22 heavy (non-hydrogen) atoms. The molecule has 1 aliphatic heterocycles. The molecule has 6 heteroatoms. The van der Waals surface area contributed by atoms with Crippen LogP contribution in [0.15, 0.2) is 6.20 Å². The highest BCUT2D eigenvalue weighted by Crippen LogP contribution is 2.29. The van der Waals surface area contributed by atoms with E-state index in [-0.39, 0.29) is 11.3 Å². The number of ether oxygens (including phenoxy) is 1. The van der Waals surface area contributed by atoms with Crippen molar-refractivity contribution in [2.24, 2.45) is 5.92 Å². The van der Waals surface area contributed by atoms with Crippen LogP contribution in [0.5, 0.6) is 0 Å². The maximum absolute atomic E-state index is 11.2. The summed E-state index contributed by atoms with van der Waals surface area (Å²) in [5.41, 5.74) is 0.100. The number of thiazole rings is 1. The molecule has 1 unspecified atom stereocenters. The van der Waals surface area contributed by atoms with Gasteiger partial charge < -0.3 is 9.84 Å². The van der Waals surface area contributed by atoms with Crippen LogP contribution >= 0.6 is 11.3 Å². The standard InChI is InChI=1S/C16H26N2O3S/c1-16(2,3)15-17-9-12(22-15)10-18-7-5-11(6-8-18)13(21-4)14(19)20/h9,11,13H,5-8,10H2,1-4H3,(H,19,20). The fourth-order valence-electron chi connectivity index (χ4n) is 2.86. The lowest BCUT2D eigenvalue weighted by molar-refractivity contribution is -0.153. The summed E-state index contributed by atoms with van der Waals surface area (Å²) in [6.07, 6.45) is 3.05. The molecule has 0 spiro atoms. The van der Waals surface area contributed by atoms with Crippen molar-refractivity contribution in [3.63, 3.8) is 0 Å². The SMILES string of the molecule is COC(C(=O)O)C1CCN(Cc2cnc(C(C)(C)C)s2)CC1. The zero-order valence-corrected chi connectivity index (χ0v) is 14.7. The molecule has 124 valence electrons. The van der Waals surface area contributed by atoms with Gasteiger partial charge in [0.05, 0.1) is 5.01 Å². The molecule has 0 aromatic carbocycles. The number of aromatic nitrogens is 1. The Morgan fingerprint density at radius 1 is 1.50 bits per heavy atom. The first kappa shape index (κ1) is 17.4. The number of carboxylic acids is 1. The summed E-state index contributed by atoms with van der Waals surface area (Å²) in [4.78, 5) is 19.3. The Bertz CT molecular complexity index is 502. The lowest BCUT2D eigenvalue weighted by Crippen LogP contribution is -2.40. The van der Waals surface area contributed by atoms with Crippen LogP contribution in [0.3, 0.4) is 0 Å². The second kappa shape index (κ2) is 7.06.